The second kappa shape index (κ2) is 8.13. The molecule has 5 heteroatoms. The molecule has 2 heterocycles. The van der Waals surface area contributed by atoms with Crippen LogP contribution >= 0.6 is 11.6 Å². The molecule has 3 nitrogen and oxygen atoms in total. The summed E-state index contributed by atoms with van der Waals surface area (Å²) >= 11 is 5.89. The third-order valence-electron chi connectivity index (χ3n) is 5.82. The maximum Gasteiger partial charge on any atom is 0.141 e. The van der Waals surface area contributed by atoms with Gasteiger partial charge in [0.15, 0.2) is 0 Å². The lowest BCUT2D eigenvalue weighted by Crippen LogP contribution is -2.51. The van der Waals surface area contributed by atoms with Crippen molar-refractivity contribution in [2.45, 2.75) is 32.4 Å². The van der Waals surface area contributed by atoms with Crippen molar-refractivity contribution in [1.29, 1.82) is 0 Å². The minimum Gasteiger partial charge on any atom is -0.304 e. The largest absolute Gasteiger partial charge is 0.304 e. The number of rotatable bonds is 4. The second-order valence-corrected chi connectivity index (χ2v) is 7.85. The Hall–Kier alpha value is -0.680. The van der Waals surface area contributed by atoms with Crippen molar-refractivity contribution < 1.29 is 4.39 Å². The van der Waals surface area contributed by atoms with Crippen molar-refractivity contribution >= 4 is 11.6 Å². The van der Waals surface area contributed by atoms with Crippen molar-refractivity contribution in [3.8, 4) is 0 Å². The second-order valence-electron chi connectivity index (χ2n) is 7.44. The number of nitrogens with zero attached hydrogens (tertiary/aromatic N) is 3. The minimum atomic E-state index is -0.333. The van der Waals surface area contributed by atoms with Crippen LogP contribution in [0.2, 0.25) is 5.02 Å². The molecule has 0 aliphatic carbocycles. The molecular formula is C19H29ClFN3. The van der Waals surface area contributed by atoms with Crippen LogP contribution in [0.4, 0.5) is 4.39 Å². The summed E-state index contributed by atoms with van der Waals surface area (Å²) in [7, 11) is 2.21. The van der Waals surface area contributed by atoms with Crippen molar-refractivity contribution in [1.82, 2.24) is 14.7 Å². The van der Waals surface area contributed by atoms with E-state index in [1.807, 2.05) is 6.07 Å². The number of halogens is 2. The van der Waals surface area contributed by atoms with Crippen molar-refractivity contribution in [3.05, 3.63) is 34.6 Å². The molecule has 0 aromatic heterocycles. The van der Waals surface area contributed by atoms with E-state index in [4.69, 9.17) is 11.6 Å². The van der Waals surface area contributed by atoms with Gasteiger partial charge in [0, 0.05) is 38.8 Å². The summed E-state index contributed by atoms with van der Waals surface area (Å²) in [5.41, 5.74) is 1.10. The average Bonchev–Trinajstić information content (AvgIpc) is 2.59. The fourth-order valence-corrected chi connectivity index (χ4v) is 4.22. The van der Waals surface area contributed by atoms with Gasteiger partial charge in [-0.25, -0.2) is 4.39 Å². The highest BCUT2D eigenvalue weighted by molar-refractivity contribution is 6.30. The Balaban J connectivity index is 1.47. The SMILES string of the molecule is C[C@H](C1CCN(Cc2ccc(F)c(Cl)c2)CC1)N1CCN(C)CC1. The quantitative estimate of drug-likeness (QED) is 0.822. The molecule has 0 bridgehead atoms. The molecule has 24 heavy (non-hydrogen) atoms. The van der Waals surface area contributed by atoms with Gasteiger partial charge >= 0.3 is 0 Å². The Morgan fingerprint density at radius 3 is 2.42 bits per heavy atom. The predicted octanol–water partition coefficient (Wildman–Crippen LogP) is 3.33. The Morgan fingerprint density at radius 1 is 1.12 bits per heavy atom. The molecule has 1 atom stereocenters. The maximum atomic E-state index is 13.3. The van der Waals surface area contributed by atoms with Gasteiger partial charge in [-0.05, 0) is 63.5 Å². The highest BCUT2D eigenvalue weighted by Crippen LogP contribution is 2.26. The van der Waals surface area contributed by atoms with Gasteiger partial charge in [0.1, 0.15) is 5.82 Å². The van der Waals surface area contributed by atoms with Crippen LogP contribution < -0.4 is 0 Å². The molecule has 2 aliphatic rings. The van der Waals surface area contributed by atoms with Crippen molar-refractivity contribution in [2.75, 3.05) is 46.3 Å². The highest BCUT2D eigenvalue weighted by Gasteiger charge is 2.29. The molecule has 134 valence electrons. The summed E-state index contributed by atoms with van der Waals surface area (Å²) in [4.78, 5) is 7.55. The van der Waals surface area contributed by atoms with Gasteiger partial charge in [-0.2, -0.15) is 0 Å². The first-order valence-electron chi connectivity index (χ1n) is 9.12. The van der Waals surface area contributed by atoms with Gasteiger partial charge in [-0.15, -0.1) is 0 Å². The molecular weight excluding hydrogens is 325 g/mol. The number of hydrogen-bond acceptors (Lipinski definition) is 3. The first kappa shape index (κ1) is 18.1. The van der Waals surface area contributed by atoms with Gasteiger partial charge < -0.3 is 4.90 Å². The Bertz CT molecular complexity index is 537. The van der Waals surface area contributed by atoms with E-state index >= 15 is 0 Å². The van der Waals surface area contributed by atoms with E-state index in [-0.39, 0.29) is 10.8 Å². The number of benzene rings is 1. The molecule has 0 radical (unpaired) electrons. The number of piperidine rings is 1. The molecule has 0 saturated carbocycles. The first-order valence-corrected chi connectivity index (χ1v) is 9.49. The average molecular weight is 354 g/mol. The topological polar surface area (TPSA) is 9.72 Å². The minimum absolute atomic E-state index is 0.228. The lowest BCUT2D eigenvalue weighted by Gasteiger charge is -2.42. The van der Waals surface area contributed by atoms with E-state index in [0.29, 0.717) is 6.04 Å². The van der Waals surface area contributed by atoms with E-state index in [1.54, 1.807) is 6.07 Å². The van der Waals surface area contributed by atoms with E-state index in [1.165, 1.54) is 45.1 Å². The number of likely N-dealkylation sites (N-methyl/N-ethyl adjacent to an activating group) is 1. The zero-order valence-electron chi connectivity index (χ0n) is 14.8. The molecule has 0 spiro atoms. The third-order valence-corrected chi connectivity index (χ3v) is 6.11. The molecule has 0 amide bonds. The number of likely N-dealkylation sites (tertiary alicyclic amines) is 1. The molecule has 1 aromatic rings. The maximum absolute atomic E-state index is 13.3. The summed E-state index contributed by atoms with van der Waals surface area (Å²) < 4.78 is 13.3. The van der Waals surface area contributed by atoms with Gasteiger partial charge in [-0.3, -0.25) is 9.80 Å². The van der Waals surface area contributed by atoms with Crippen LogP contribution in [0.25, 0.3) is 0 Å². The zero-order chi connectivity index (χ0) is 17.1. The van der Waals surface area contributed by atoms with Gasteiger partial charge in [0.2, 0.25) is 0 Å². The molecule has 2 saturated heterocycles. The van der Waals surface area contributed by atoms with Crippen LogP contribution in [0.15, 0.2) is 18.2 Å². The fourth-order valence-electron chi connectivity index (χ4n) is 4.02. The monoisotopic (exact) mass is 353 g/mol. The Morgan fingerprint density at radius 2 is 1.79 bits per heavy atom. The molecule has 1 aromatic carbocycles. The van der Waals surface area contributed by atoms with Crippen LogP contribution in [-0.2, 0) is 6.54 Å². The number of hydrogen-bond donors (Lipinski definition) is 0. The van der Waals surface area contributed by atoms with Crippen LogP contribution in [0.3, 0.4) is 0 Å². The van der Waals surface area contributed by atoms with Gasteiger partial charge in [0.05, 0.1) is 5.02 Å². The molecule has 0 unspecified atom stereocenters. The molecule has 2 aliphatic heterocycles. The summed E-state index contributed by atoms with van der Waals surface area (Å²) in [6, 6.07) is 5.76. The first-order chi connectivity index (χ1) is 11.5. The smallest absolute Gasteiger partial charge is 0.141 e. The highest BCUT2D eigenvalue weighted by atomic mass is 35.5. The molecule has 2 fully saturated rings. The van der Waals surface area contributed by atoms with E-state index < -0.39 is 0 Å². The van der Waals surface area contributed by atoms with E-state index in [0.717, 1.165) is 31.1 Å². The zero-order valence-corrected chi connectivity index (χ0v) is 15.6. The fraction of sp³-hybridized carbons (Fsp3) is 0.684. The van der Waals surface area contributed by atoms with Crippen molar-refractivity contribution in [3.63, 3.8) is 0 Å². The Labute approximate surface area is 150 Å². The standard InChI is InChI=1S/C19H29ClFN3/c1-15(24-11-9-22(2)10-12-24)17-5-7-23(8-6-17)14-16-3-4-19(21)18(20)13-16/h3-4,13,15,17H,5-12,14H2,1-2H3/t15-/m1/s1. The van der Waals surface area contributed by atoms with Crippen LogP contribution in [0, 0.1) is 11.7 Å². The lowest BCUT2D eigenvalue weighted by atomic mass is 9.89. The summed E-state index contributed by atoms with van der Waals surface area (Å²) in [6.45, 7) is 10.3. The summed E-state index contributed by atoms with van der Waals surface area (Å²) in [6.07, 6.45) is 2.50. The summed E-state index contributed by atoms with van der Waals surface area (Å²) in [5.74, 6) is 0.460. The predicted molar refractivity (Wildman–Crippen MR) is 97.9 cm³/mol. The molecule has 3 rings (SSSR count). The molecule has 0 N–H and O–H groups in total. The van der Waals surface area contributed by atoms with Crippen LogP contribution in [-0.4, -0.2) is 67.1 Å². The van der Waals surface area contributed by atoms with E-state index in [9.17, 15) is 4.39 Å². The lowest BCUT2D eigenvalue weighted by molar-refractivity contribution is 0.0598. The van der Waals surface area contributed by atoms with Crippen LogP contribution in [0.5, 0.6) is 0 Å². The van der Waals surface area contributed by atoms with Gasteiger partial charge in [-0.1, -0.05) is 17.7 Å². The number of piperazine rings is 1. The van der Waals surface area contributed by atoms with Crippen LogP contribution in [0.1, 0.15) is 25.3 Å². The Kier molecular flexibility index (Phi) is 6.14. The summed E-state index contributed by atoms with van der Waals surface area (Å²) in [5, 5.41) is 0.228. The van der Waals surface area contributed by atoms with Crippen molar-refractivity contribution in [2.24, 2.45) is 5.92 Å². The van der Waals surface area contributed by atoms with Gasteiger partial charge in [0.25, 0.3) is 0 Å². The third kappa shape index (κ3) is 4.48. The van der Waals surface area contributed by atoms with E-state index in [2.05, 4.69) is 28.7 Å². The normalized spacial score (nSPS) is 23.5.